The van der Waals surface area contributed by atoms with E-state index in [9.17, 15) is 0 Å². The lowest BCUT2D eigenvalue weighted by Crippen LogP contribution is -1.98. The van der Waals surface area contributed by atoms with Crippen molar-refractivity contribution in [3.05, 3.63) is 11.8 Å². The number of hydrogen-bond donors (Lipinski definition) is 1. The molecule has 0 bridgehead atoms. The number of methoxy groups -OCH3 is 1. The van der Waals surface area contributed by atoms with Gasteiger partial charge in [-0.25, -0.2) is 4.99 Å². The van der Waals surface area contributed by atoms with Crippen LogP contribution in [0.5, 0.6) is 0 Å². The zero-order chi connectivity index (χ0) is 8.85. The van der Waals surface area contributed by atoms with E-state index in [0.717, 1.165) is 0 Å². The van der Waals surface area contributed by atoms with Crippen LogP contribution in [0.15, 0.2) is 16.8 Å². The molecule has 0 aromatic rings. The standard InChI is InChI=1S/C6H8Cl2N2O/c1-3-4(11-2)5(7)10-6(8)9/h3,9H,1-2H3/b4-3+,9-6?,10-5+. The smallest absolute Gasteiger partial charge is 0.216 e. The van der Waals surface area contributed by atoms with Crippen LogP contribution >= 0.6 is 23.2 Å². The molecule has 0 rings (SSSR count). The average Bonchev–Trinajstić information content (AvgIpc) is 1.88. The highest BCUT2D eigenvalue weighted by Gasteiger charge is 2.02. The highest BCUT2D eigenvalue weighted by Crippen LogP contribution is 2.04. The minimum absolute atomic E-state index is 0.0787. The number of allylic oxidation sites excluding steroid dienone is 2. The third-order valence-electron chi connectivity index (χ3n) is 0.882. The molecule has 0 aromatic heterocycles. The molecule has 0 unspecified atom stereocenters. The molecule has 0 spiro atoms. The van der Waals surface area contributed by atoms with Gasteiger partial charge in [0.05, 0.1) is 7.11 Å². The van der Waals surface area contributed by atoms with Gasteiger partial charge in [0.1, 0.15) is 0 Å². The van der Waals surface area contributed by atoms with Crippen molar-refractivity contribution in [1.82, 2.24) is 0 Å². The van der Waals surface area contributed by atoms with Crippen molar-refractivity contribution < 1.29 is 4.74 Å². The van der Waals surface area contributed by atoms with E-state index in [0.29, 0.717) is 5.76 Å². The van der Waals surface area contributed by atoms with Gasteiger partial charge in [0.15, 0.2) is 10.9 Å². The molecule has 0 heterocycles. The summed E-state index contributed by atoms with van der Waals surface area (Å²) in [5.41, 5.74) is 0. The third kappa shape index (κ3) is 4.01. The summed E-state index contributed by atoms with van der Waals surface area (Å²) in [4.78, 5) is 3.46. The van der Waals surface area contributed by atoms with Crippen LogP contribution in [-0.2, 0) is 4.74 Å². The Morgan fingerprint density at radius 2 is 2.09 bits per heavy atom. The van der Waals surface area contributed by atoms with Crippen LogP contribution < -0.4 is 0 Å². The van der Waals surface area contributed by atoms with Crippen molar-refractivity contribution in [2.45, 2.75) is 6.92 Å². The van der Waals surface area contributed by atoms with Crippen LogP contribution in [0.2, 0.25) is 0 Å². The summed E-state index contributed by atoms with van der Waals surface area (Å²) in [5, 5.41) is 6.49. The molecule has 1 N–H and O–H groups in total. The Hall–Kier alpha value is -0.540. The van der Waals surface area contributed by atoms with Gasteiger partial charge in [0, 0.05) is 0 Å². The van der Waals surface area contributed by atoms with Gasteiger partial charge in [-0.15, -0.1) is 0 Å². The SMILES string of the molecule is C/C=C(OC)\C(Cl)=N/C(=N)Cl. The Morgan fingerprint density at radius 3 is 2.36 bits per heavy atom. The van der Waals surface area contributed by atoms with Crippen molar-refractivity contribution in [2.24, 2.45) is 4.99 Å². The molecular formula is C6H8Cl2N2O. The molecule has 62 valence electrons. The van der Waals surface area contributed by atoms with Crippen LogP contribution in [0, 0.1) is 5.41 Å². The Morgan fingerprint density at radius 1 is 1.55 bits per heavy atom. The summed E-state index contributed by atoms with van der Waals surface area (Å²) in [6, 6.07) is 0. The lowest BCUT2D eigenvalue weighted by atomic mass is 10.5. The number of nitrogens with one attached hydrogen (secondary N) is 1. The molecule has 3 nitrogen and oxygen atoms in total. The Balaban J connectivity index is 4.45. The Kier molecular flexibility index (Phi) is 4.90. The maximum Gasteiger partial charge on any atom is 0.216 e. The van der Waals surface area contributed by atoms with Crippen LogP contribution in [0.1, 0.15) is 6.92 Å². The molecule has 11 heavy (non-hydrogen) atoms. The molecule has 0 aromatic carbocycles. The summed E-state index contributed by atoms with van der Waals surface area (Å²) < 4.78 is 4.81. The number of hydrogen-bond acceptors (Lipinski definition) is 2. The van der Waals surface area contributed by atoms with Crippen LogP contribution in [-0.4, -0.2) is 17.6 Å². The molecule has 0 saturated heterocycles. The number of rotatable bonds is 2. The minimum atomic E-state index is -0.369. The molecule has 0 amide bonds. The first-order valence-electron chi connectivity index (χ1n) is 2.80. The first kappa shape index (κ1) is 10.5. The molecule has 0 aliphatic rings. The summed E-state index contributed by atoms with van der Waals surface area (Å²) in [6.07, 6.45) is 1.63. The molecule has 0 atom stereocenters. The lowest BCUT2D eigenvalue weighted by molar-refractivity contribution is 0.315. The lowest BCUT2D eigenvalue weighted by Gasteiger charge is -2.00. The normalized spacial score (nSPS) is 13.1. The highest BCUT2D eigenvalue weighted by molar-refractivity contribution is 6.73. The predicted octanol–water partition coefficient (Wildman–Crippen LogP) is 2.35. The van der Waals surface area contributed by atoms with Gasteiger partial charge >= 0.3 is 0 Å². The number of aliphatic imine (C=N–C) groups is 1. The maximum absolute atomic E-state index is 6.78. The van der Waals surface area contributed by atoms with Gasteiger partial charge in [-0.1, -0.05) is 11.6 Å². The van der Waals surface area contributed by atoms with Gasteiger partial charge in [-0.3, -0.25) is 5.41 Å². The van der Waals surface area contributed by atoms with Crippen molar-refractivity contribution in [1.29, 1.82) is 5.41 Å². The van der Waals surface area contributed by atoms with Crippen molar-refractivity contribution >= 4 is 33.7 Å². The fraction of sp³-hybridized carbons (Fsp3) is 0.333. The molecule has 0 aliphatic carbocycles. The Labute approximate surface area is 75.2 Å². The van der Waals surface area contributed by atoms with Crippen LogP contribution in [0.4, 0.5) is 0 Å². The zero-order valence-electron chi connectivity index (χ0n) is 6.19. The first-order valence-corrected chi connectivity index (χ1v) is 3.56. The summed E-state index contributed by atoms with van der Waals surface area (Å²) >= 11 is 10.7. The minimum Gasteiger partial charge on any atom is -0.494 e. The monoisotopic (exact) mass is 194 g/mol. The van der Waals surface area contributed by atoms with Gasteiger partial charge < -0.3 is 4.74 Å². The van der Waals surface area contributed by atoms with Gasteiger partial charge in [-0.05, 0) is 24.6 Å². The summed E-state index contributed by atoms with van der Waals surface area (Å²) in [7, 11) is 1.46. The second-order valence-electron chi connectivity index (χ2n) is 1.55. The molecule has 0 fully saturated rings. The quantitative estimate of drug-likeness (QED) is 0.312. The topological polar surface area (TPSA) is 45.4 Å². The summed E-state index contributed by atoms with van der Waals surface area (Å²) in [5.74, 6) is 0.400. The predicted molar refractivity (Wildman–Crippen MR) is 47.6 cm³/mol. The van der Waals surface area contributed by atoms with E-state index in [1.807, 2.05) is 0 Å². The largest absolute Gasteiger partial charge is 0.494 e. The van der Waals surface area contributed by atoms with E-state index < -0.39 is 0 Å². The molecule has 0 aliphatic heterocycles. The fourth-order valence-electron chi connectivity index (χ4n) is 0.462. The van der Waals surface area contributed by atoms with Crippen molar-refractivity contribution in [3.63, 3.8) is 0 Å². The maximum atomic E-state index is 6.78. The third-order valence-corrected chi connectivity index (χ3v) is 1.24. The van der Waals surface area contributed by atoms with Crippen molar-refractivity contribution in [2.75, 3.05) is 7.11 Å². The van der Waals surface area contributed by atoms with Crippen LogP contribution in [0.25, 0.3) is 0 Å². The second kappa shape index (κ2) is 5.16. The van der Waals surface area contributed by atoms with E-state index in [1.165, 1.54) is 7.11 Å². The highest BCUT2D eigenvalue weighted by atomic mass is 35.5. The van der Waals surface area contributed by atoms with Crippen LogP contribution in [0.3, 0.4) is 0 Å². The zero-order valence-corrected chi connectivity index (χ0v) is 7.70. The molecular weight excluding hydrogens is 187 g/mol. The van der Waals surface area contributed by atoms with Gasteiger partial charge in [-0.2, -0.15) is 0 Å². The van der Waals surface area contributed by atoms with Gasteiger partial charge in [0.25, 0.3) is 0 Å². The van der Waals surface area contributed by atoms with Crippen molar-refractivity contribution in [3.8, 4) is 0 Å². The number of ether oxygens (including phenoxy) is 1. The molecule has 0 saturated carbocycles. The van der Waals surface area contributed by atoms with E-state index in [1.54, 1.807) is 13.0 Å². The molecule has 5 heteroatoms. The van der Waals surface area contributed by atoms with E-state index in [-0.39, 0.29) is 10.5 Å². The number of halogens is 2. The summed E-state index contributed by atoms with van der Waals surface area (Å²) in [6.45, 7) is 1.74. The average molecular weight is 195 g/mol. The van der Waals surface area contributed by atoms with Gasteiger partial charge in [0.2, 0.25) is 5.29 Å². The van der Waals surface area contributed by atoms with E-state index >= 15 is 0 Å². The molecule has 0 radical (unpaired) electrons. The van der Waals surface area contributed by atoms with E-state index in [4.69, 9.17) is 33.3 Å². The first-order chi connectivity index (χ1) is 5.11. The fourth-order valence-corrected chi connectivity index (χ4v) is 0.861. The number of amidine groups is 1. The van der Waals surface area contributed by atoms with E-state index in [2.05, 4.69) is 4.99 Å². The number of nitrogens with zero attached hydrogens (tertiary/aromatic N) is 1. The second-order valence-corrected chi connectivity index (χ2v) is 2.27. The Bertz CT molecular complexity index is 211.